The highest BCUT2D eigenvalue weighted by atomic mass is 19.1. The highest BCUT2D eigenvalue weighted by Crippen LogP contribution is 2.31. The number of ether oxygens (including phenoxy) is 1. The molecular formula is C11H12FN3O2. The number of aromatic nitrogens is 2. The second-order valence-corrected chi connectivity index (χ2v) is 3.52. The van der Waals surface area contributed by atoms with Gasteiger partial charge in [-0.1, -0.05) is 5.16 Å². The van der Waals surface area contributed by atoms with E-state index in [2.05, 4.69) is 10.1 Å². The van der Waals surface area contributed by atoms with Gasteiger partial charge in [-0.25, -0.2) is 4.39 Å². The number of nitrogens with two attached hydrogens (primary N) is 1. The Hall–Kier alpha value is -1.95. The number of halogens is 1. The number of aryl methyl sites for hydroxylation is 1. The lowest BCUT2D eigenvalue weighted by Crippen LogP contribution is -1.97. The van der Waals surface area contributed by atoms with Crippen LogP contribution in [0.1, 0.15) is 11.5 Å². The summed E-state index contributed by atoms with van der Waals surface area (Å²) in [6.07, 6.45) is 0. The molecule has 0 amide bonds. The van der Waals surface area contributed by atoms with E-state index in [0.717, 1.165) is 0 Å². The van der Waals surface area contributed by atoms with Gasteiger partial charge in [0.2, 0.25) is 11.7 Å². The Labute approximate surface area is 97.4 Å². The van der Waals surface area contributed by atoms with E-state index in [-0.39, 0.29) is 18.2 Å². The summed E-state index contributed by atoms with van der Waals surface area (Å²) in [7, 11) is 1.51. The molecule has 0 radical (unpaired) electrons. The van der Waals surface area contributed by atoms with Gasteiger partial charge in [-0.05, 0) is 24.6 Å². The lowest BCUT2D eigenvalue weighted by molar-refractivity contribution is 0.379. The topological polar surface area (TPSA) is 74.2 Å². The van der Waals surface area contributed by atoms with E-state index >= 15 is 0 Å². The van der Waals surface area contributed by atoms with E-state index in [1.807, 2.05) is 0 Å². The maximum atomic E-state index is 13.4. The number of hydrogen-bond donors (Lipinski definition) is 1. The zero-order valence-electron chi connectivity index (χ0n) is 9.53. The van der Waals surface area contributed by atoms with E-state index in [0.29, 0.717) is 22.8 Å². The molecule has 0 fully saturated rings. The summed E-state index contributed by atoms with van der Waals surface area (Å²) in [5, 5.41) is 3.74. The Morgan fingerprint density at radius 3 is 2.82 bits per heavy atom. The van der Waals surface area contributed by atoms with Crippen molar-refractivity contribution in [3.05, 3.63) is 29.4 Å². The molecule has 1 aromatic carbocycles. The van der Waals surface area contributed by atoms with E-state index < -0.39 is 0 Å². The van der Waals surface area contributed by atoms with Crippen LogP contribution in [0.3, 0.4) is 0 Å². The number of rotatable bonds is 3. The summed E-state index contributed by atoms with van der Waals surface area (Å²) >= 11 is 0. The quantitative estimate of drug-likeness (QED) is 0.878. The van der Waals surface area contributed by atoms with E-state index in [9.17, 15) is 4.39 Å². The average Bonchev–Trinajstić information content (AvgIpc) is 2.76. The van der Waals surface area contributed by atoms with Crippen LogP contribution in [0, 0.1) is 12.7 Å². The van der Waals surface area contributed by atoms with Gasteiger partial charge in [-0.3, -0.25) is 0 Å². The molecule has 0 aliphatic rings. The van der Waals surface area contributed by atoms with Gasteiger partial charge >= 0.3 is 0 Å². The van der Waals surface area contributed by atoms with Crippen molar-refractivity contribution in [1.82, 2.24) is 10.1 Å². The normalized spacial score (nSPS) is 10.6. The standard InChI is InChI=1S/C11H12FN3O2/c1-6-3-7(12)4-8(10(6)16-2)11-14-9(5-13)17-15-11/h3-4H,5,13H2,1-2H3. The zero-order valence-corrected chi connectivity index (χ0v) is 9.53. The van der Waals surface area contributed by atoms with Crippen LogP contribution < -0.4 is 10.5 Å². The minimum absolute atomic E-state index is 0.142. The van der Waals surface area contributed by atoms with Crippen molar-refractivity contribution in [2.45, 2.75) is 13.5 Å². The van der Waals surface area contributed by atoms with Gasteiger partial charge in [-0.15, -0.1) is 0 Å². The molecule has 0 saturated heterocycles. The van der Waals surface area contributed by atoms with Crippen molar-refractivity contribution < 1.29 is 13.7 Å². The summed E-state index contributed by atoms with van der Waals surface area (Å²) in [5.74, 6) is 0.710. The molecule has 2 rings (SSSR count). The SMILES string of the molecule is COc1c(C)cc(F)cc1-c1noc(CN)n1. The van der Waals surface area contributed by atoms with Crippen LogP contribution in [0.4, 0.5) is 4.39 Å². The summed E-state index contributed by atoms with van der Waals surface area (Å²) in [4.78, 5) is 4.04. The van der Waals surface area contributed by atoms with Crippen LogP contribution in [0.5, 0.6) is 5.75 Å². The van der Waals surface area contributed by atoms with E-state index in [1.54, 1.807) is 6.92 Å². The van der Waals surface area contributed by atoms with Gasteiger partial charge in [0.15, 0.2) is 0 Å². The van der Waals surface area contributed by atoms with Crippen molar-refractivity contribution in [2.75, 3.05) is 7.11 Å². The first-order valence-corrected chi connectivity index (χ1v) is 5.03. The predicted molar refractivity (Wildman–Crippen MR) is 58.9 cm³/mol. The van der Waals surface area contributed by atoms with Crippen molar-refractivity contribution in [3.63, 3.8) is 0 Å². The molecule has 17 heavy (non-hydrogen) atoms. The second kappa shape index (κ2) is 4.50. The highest BCUT2D eigenvalue weighted by molar-refractivity contribution is 5.66. The van der Waals surface area contributed by atoms with Gasteiger partial charge < -0.3 is 15.0 Å². The van der Waals surface area contributed by atoms with Gasteiger partial charge in [0.25, 0.3) is 0 Å². The Morgan fingerprint density at radius 1 is 1.47 bits per heavy atom. The maximum Gasteiger partial charge on any atom is 0.240 e. The Morgan fingerprint density at radius 2 is 2.24 bits per heavy atom. The van der Waals surface area contributed by atoms with Gasteiger partial charge in [0, 0.05) is 0 Å². The van der Waals surface area contributed by atoms with Crippen LogP contribution in [0.25, 0.3) is 11.4 Å². The number of nitrogens with zero attached hydrogens (tertiary/aromatic N) is 2. The van der Waals surface area contributed by atoms with Crippen molar-refractivity contribution in [2.24, 2.45) is 5.73 Å². The maximum absolute atomic E-state index is 13.4. The number of methoxy groups -OCH3 is 1. The van der Waals surface area contributed by atoms with E-state index in [4.69, 9.17) is 15.0 Å². The van der Waals surface area contributed by atoms with Crippen LogP contribution in [-0.2, 0) is 6.54 Å². The van der Waals surface area contributed by atoms with Crippen LogP contribution in [0.15, 0.2) is 16.7 Å². The molecule has 6 heteroatoms. The lowest BCUT2D eigenvalue weighted by Gasteiger charge is -2.08. The molecule has 2 N–H and O–H groups in total. The Balaban J connectivity index is 2.57. The van der Waals surface area contributed by atoms with Gasteiger partial charge in [-0.2, -0.15) is 4.98 Å². The molecule has 0 atom stereocenters. The third-order valence-corrected chi connectivity index (χ3v) is 2.33. The molecule has 1 aromatic heterocycles. The van der Waals surface area contributed by atoms with Crippen molar-refractivity contribution in [1.29, 1.82) is 0 Å². The molecule has 0 spiro atoms. The zero-order chi connectivity index (χ0) is 12.4. The molecule has 1 heterocycles. The van der Waals surface area contributed by atoms with Crippen LogP contribution in [-0.4, -0.2) is 17.3 Å². The molecule has 2 aromatic rings. The average molecular weight is 237 g/mol. The minimum atomic E-state index is -0.377. The summed E-state index contributed by atoms with van der Waals surface area (Å²) in [5.41, 5.74) is 6.49. The molecular weight excluding hydrogens is 225 g/mol. The lowest BCUT2D eigenvalue weighted by atomic mass is 10.1. The largest absolute Gasteiger partial charge is 0.496 e. The number of benzene rings is 1. The van der Waals surface area contributed by atoms with Crippen molar-refractivity contribution in [3.8, 4) is 17.1 Å². The predicted octanol–water partition coefficient (Wildman–Crippen LogP) is 1.65. The van der Waals surface area contributed by atoms with Gasteiger partial charge in [0.05, 0.1) is 19.2 Å². The van der Waals surface area contributed by atoms with Crippen LogP contribution in [0.2, 0.25) is 0 Å². The minimum Gasteiger partial charge on any atom is -0.496 e. The fraction of sp³-hybridized carbons (Fsp3) is 0.273. The third kappa shape index (κ3) is 2.12. The van der Waals surface area contributed by atoms with Gasteiger partial charge in [0.1, 0.15) is 11.6 Å². The summed E-state index contributed by atoms with van der Waals surface area (Å²) < 4.78 is 23.4. The molecule has 0 unspecified atom stereocenters. The first kappa shape index (κ1) is 11.5. The molecule has 0 aliphatic heterocycles. The Bertz CT molecular complexity index is 540. The van der Waals surface area contributed by atoms with Crippen molar-refractivity contribution >= 4 is 0 Å². The summed E-state index contributed by atoms with van der Waals surface area (Å²) in [6, 6.07) is 2.68. The molecule has 0 aliphatic carbocycles. The van der Waals surface area contributed by atoms with Crippen LogP contribution >= 0.6 is 0 Å². The fourth-order valence-electron chi connectivity index (χ4n) is 1.61. The Kier molecular flexibility index (Phi) is 3.06. The molecule has 0 saturated carbocycles. The first-order chi connectivity index (χ1) is 8.15. The number of hydrogen-bond acceptors (Lipinski definition) is 5. The van der Waals surface area contributed by atoms with E-state index in [1.165, 1.54) is 19.2 Å². The summed E-state index contributed by atoms with van der Waals surface area (Å²) in [6.45, 7) is 1.89. The monoisotopic (exact) mass is 237 g/mol. The molecule has 0 bridgehead atoms. The molecule has 5 nitrogen and oxygen atoms in total. The first-order valence-electron chi connectivity index (χ1n) is 5.03. The smallest absolute Gasteiger partial charge is 0.240 e. The highest BCUT2D eigenvalue weighted by Gasteiger charge is 2.16. The fourth-order valence-corrected chi connectivity index (χ4v) is 1.61. The second-order valence-electron chi connectivity index (χ2n) is 3.52. The third-order valence-electron chi connectivity index (χ3n) is 2.33. The molecule has 90 valence electrons.